The van der Waals surface area contributed by atoms with Crippen LogP contribution in [0.3, 0.4) is 0 Å². The normalized spacial score (nSPS) is 18.8. The van der Waals surface area contributed by atoms with Crippen LogP contribution in [0.25, 0.3) is 0 Å². The Morgan fingerprint density at radius 3 is 2.53 bits per heavy atom. The van der Waals surface area contributed by atoms with Gasteiger partial charge in [-0.3, -0.25) is 0 Å². The highest BCUT2D eigenvalue weighted by atomic mass is 35.5. The SMILES string of the molecule is O[C@H](COc1ccccc1Cl)C[NH+]1CCCCCC1. The molecule has 1 saturated heterocycles. The van der Waals surface area contributed by atoms with E-state index in [0.29, 0.717) is 17.4 Å². The van der Waals surface area contributed by atoms with Crippen molar-refractivity contribution in [2.45, 2.75) is 31.8 Å². The molecule has 0 amide bonds. The molecule has 0 saturated carbocycles. The lowest BCUT2D eigenvalue weighted by Gasteiger charge is -2.20. The maximum Gasteiger partial charge on any atom is 0.138 e. The minimum Gasteiger partial charge on any atom is -0.489 e. The van der Waals surface area contributed by atoms with E-state index >= 15 is 0 Å². The lowest BCUT2D eigenvalue weighted by molar-refractivity contribution is -0.902. The predicted molar refractivity (Wildman–Crippen MR) is 77.0 cm³/mol. The van der Waals surface area contributed by atoms with Crippen molar-refractivity contribution in [3.8, 4) is 5.75 Å². The molecule has 0 unspecified atom stereocenters. The van der Waals surface area contributed by atoms with Gasteiger partial charge in [-0.1, -0.05) is 23.7 Å². The number of ether oxygens (including phenoxy) is 1. The number of rotatable bonds is 5. The Labute approximate surface area is 120 Å². The minimum atomic E-state index is -0.427. The van der Waals surface area contributed by atoms with Crippen LogP contribution < -0.4 is 9.64 Å². The van der Waals surface area contributed by atoms with E-state index in [9.17, 15) is 5.11 Å². The van der Waals surface area contributed by atoms with Gasteiger partial charge in [0, 0.05) is 0 Å². The summed E-state index contributed by atoms with van der Waals surface area (Å²) in [4.78, 5) is 1.49. The molecule has 2 N–H and O–H groups in total. The van der Waals surface area contributed by atoms with Crippen LogP contribution in [0.2, 0.25) is 5.02 Å². The van der Waals surface area contributed by atoms with Gasteiger partial charge < -0.3 is 14.7 Å². The van der Waals surface area contributed by atoms with Gasteiger partial charge in [0.25, 0.3) is 0 Å². The summed E-state index contributed by atoms with van der Waals surface area (Å²) in [7, 11) is 0. The van der Waals surface area contributed by atoms with Gasteiger partial charge in [0.1, 0.15) is 25.0 Å². The first-order valence-electron chi connectivity index (χ1n) is 7.14. The molecule has 1 atom stereocenters. The standard InChI is InChI=1S/C15H22ClNO2/c16-14-7-3-4-8-15(14)19-12-13(18)11-17-9-5-1-2-6-10-17/h3-4,7-8,13,18H,1-2,5-6,9-12H2/p+1/t13-/m0/s1. The molecule has 3 nitrogen and oxygen atoms in total. The van der Waals surface area contributed by atoms with Crippen LogP contribution in [0.1, 0.15) is 25.7 Å². The largest absolute Gasteiger partial charge is 0.489 e. The topological polar surface area (TPSA) is 33.9 Å². The lowest BCUT2D eigenvalue weighted by Crippen LogP contribution is -3.13. The molecule has 2 rings (SSSR count). The summed E-state index contributed by atoms with van der Waals surface area (Å²) in [5.74, 6) is 0.647. The van der Waals surface area contributed by atoms with E-state index in [4.69, 9.17) is 16.3 Å². The smallest absolute Gasteiger partial charge is 0.138 e. The molecule has 1 aromatic rings. The van der Waals surface area contributed by atoms with E-state index in [1.165, 1.54) is 43.7 Å². The third-order valence-electron chi connectivity index (χ3n) is 3.60. The molecule has 1 fully saturated rings. The Hall–Kier alpha value is -0.770. The van der Waals surface area contributed by atoms with Gasteiger partial charge in [0.05, 0.1) is 18.1 Å². The zero-order valence-corrected chi connectivity index (χ0v) is 12.0. The fraction of sp³-hybridized carbons (Fsp3) is 0.600. The molecule has 4 heteroatoms. The molecule has 0 bridgehead atoms. The van der Waals surface area contributed by atoms with Crippen LogP contribution in [0, 0.1) is 0 Å². The highest BCUT2D eigenvalue weighted by Gasteiger charge is 2.17. The van der Waals surface area contributed by atoms with Crippen LogP contribution in [0.15, 0.2) is 24.3 Å². The summed E-state index contributed by atoms with van der Waals surface area (Å²) in [6, 6.07) is 7.37. The maximum atomic E-state index is 10.1. The average Bonchev–Trinajstić information content (AvgIpc) is 2.66. The number of hydrogen-bond acceptors (Lipinski definition) is 2. The average molecular weight is 285 g/mol. The van der Waals surface area contributed by atoms with Crippen molar-refractivity contribution in [3.05, 3.63) is 29.3 Å². The molecular formula is C15H23ClNO2+. The summed E-state index contributed by atoms with van der Waals surface area (Å²) in [5, 5.41) is 10.7. The minimum absolute atomic E-state index is 0.313. The van der Waals surface area contributed by atoms with Gasteiger partial charge in [-0.15, -0.1) is 0 Å². The zero-order chi connectivity index (χ0) is 13.5. The van der Waals surface area contributed by atoms with E-state index < -0.39 is 6.10 Å². The van der Waals surface area contributed by atoms with Gasteiger partial charge >= 0.3 is 0 Å². The molecular weight excluding hydrogens is 262 g/mol. The number of aliphatic hydroxyl groups is 1. The lowest BCUT2D eigenvalue weighted by atomic mass is 10.2. The van der Waals surface area contributed by atoms with Crippen LogP contribution in [0.5, 0.6) is 5.75 Å². The summed E-state index contributed by atoms with van der Waals surface area (Å²) in [6.45, 7) is 3.42. The van der Waals surface area contributed by atoms with Gasteiger partial charge in [-0.2, -0.15) is 0 Å². The van der Waals surface area contributed by atoms with Crippen molar-refractivity contribution < 1.29 is 14.7 Å². The van der Waals surface area contributed by atoms with Crippen molar-refractivity contribution in [1.82, 2.24) is 0 Å². The van der Waals surface area contributed by atoms with E-state index in [1.807, 2.05) is 18.2 Å². The Balaban J connectivity index is 1.74. The predicted octanol–water partition coefficient (Wildman–Crippen LogP) is 1.54. The third-order valence-corrected chi connectivity index (χ3v) is 3.92. The third kappa shape index (κ3) is 5.01. The summed E-state index contributed by atoms with van der Waals surface area (Å²) in [5.41, 5.74) is 0. The second-order valence-electron chi connectivity index (χ2n) is 5.26. The molecule has 0 radical (unpaired) electrons. The van der Waals surface area contributed by atoms with Crippen molar-refractivity contribution in [1.29, 1.82) is 0 Å². The Bertz CT molecular complexity index is 378. The van der Waals surface area contributed by atoms with Gasteiger partial charge in [-0.05, 0) is 37.8 Å². The number of nitrogens with one attached hydrogen (secondary N) is 1. The van der Waals surface area contributed by atoms with Crippen LogP contribution in [-0.4, -0.2) is 37.5 Å². The van der Waals surface area contributed by atoms with Crippen molar-refractivity contribution in [2.24, 2.45) is 0 Å². The number of likely N-dealkylation sites (tertiary alicyclic amines) is 1. The highest BCUT2D eigenvalue weighted by molar-refractivity contribution is 6.32. The Morgan fingerprint density at radius 2 is 1.84 bits per heavy atom. The summed E-state index contributed by atoms with van der Waals surface area (Å²) < 4.78 is 5.58. The molecule has 0 aliphatic carbocycles. The fourth-order valence-corrected chi connectivity index (χ4v) is 2.76. The van der Waals surface area contributed by atoms with E-state index in [-0.39, 0.29) is 0 Å². The molecule has 1 aromatic carbocycles. The molecule has 0 spiro atoms. The van der Waals surface area contributed by atoms with E-state index in [2.05, 4.69) is 0 Å². The van der Waals surface area contributed by atoms with Gasteiger partial charge in [0.2, 0.25) is 0 Å². The first-order chi connectivity index (χ1) is 9.25. The molecule has 106 valence electrons. The maximum absolute atomic E-state index is 10.1. The fourth-order valence-electron chi connectivity index (χ4n) is 2.57. The van der Waals surface area contributed by atoms with Crippen molar-refractivity contribution in [2.75, 3.05) is 26.2 Å². The quantitative estimate of drug-likeness (QED) is 0.860. The van der Waals surface area contributed by atoms with Gasteiger partial charge in [-0.25, -0.2) is 0 Å². The van der Waals surface area contributed by atoms with Crippen molar-refractivity contribution >= 4 is 11.6 Å². The first-order valence-corrected chi connectivity index (χ1v) is 7.52. The van der Waals surface area contributed by atoms with E-state index in [0.717, 1.165) is 6.54 Å². The second kappa shape index (κ2) is 7.73. The zero-order valence-electron chi connectivity index (χ0n) is 11.3. The molecule has 0 aromatic heterocycles. The number of hydrogen-bond donors (Lipinski definition) is 2. The molecule has 1 aliphatic heterocycles. The van der Waals surface area contributed by atoms with E-state index in [1.54, 1.807) is 6.07 Å². The number of halogens is 1. The number of para-hydroxylation sites is 1. The molecule has 1 heterocycles. The molecule has 1 aliphatic rings. The van der Waals surface area contributed by atoms with Crippen LogP contribution >= 0.6 is 11.6 Å². The summed E-state index contributed by atoms with van der Waals surface area (Å²) in [6.07, 6.45) is 4.77. The second-order valence-corrected chi connectivity index (χ2v) is 5.67. The number of benzene rings is 1. The van der Waals surface area contributed by atoms with Gasteiger partial charge in [0.15, 0.2) is 0 Å². The first kappa shape index (κ1) is 14.6. The van der Waals surface area contributed by atoms with Crippen molar-refractivity contribution in [3.63, 3.8) is 0 Å². The Kier molecular flexibility index (Phi) is 5.95. The number of aliphatic hydroxyl groups excluding tert-OH is 1. The van der Waals surface area contributed by atoms with Crippen LogP contribution in [0.4, 0.5) is 0 Å². The molecule has 19 heavy (non-hydrogen) atoms. The monoisotopic (exact) mass is 284 g/mol. The highest BCUT2D eigenvalue weighted by Crippen LogP contribution is 2.22. The summed E-state index contributed by atoms with van der Waals surface area (Å²) >= 11 is 6.01. The Morgan fingerprint density at radius 1 is 1.16 bits per heavy atom. The number of quaternary nitrogens is 1. The van der Waals surface area contributed by atoms with Crippen LogP contribution in [-0.2, 0) is 0 Å².